The number of likely N-dealkylation sites (N-methyl/N-ethyl adjacent to an activating group) is 1. The third-order valence-corrected chi connectivity index (χ3v) is 3.68. The lowest BCUT2D eigenvalue weighted by atomic mass is 9.94. The SMILES string of the molecule is Cc1cc(C)c(C)c(CN(C)CC(O)CO)c1C. The van der Waals surface area contributed by atoms with Crippen LogP contribution in [0.3, 0.4) is 0 Å². The molecule has 0 heterocycles. The summed E-state index contributed by atoms with van der Waals surface area (Å²) in [6.07, 6.45) is -0.665. The zero-order valence-electron chi connectivity index (χ0n) is 12.1. The second kappa shape index (κ2) is 6.32. The van der Waals surface area contributed by atoms with Crippen molar-refractivity contribution in [3.63, 3.8) is 0 Å². The molecule has 0 radical (unpaired) electrons. The lowest BCUT2D eigenvalue weighted by molar-refractivity contribution is 0.0647. The number of aliphatic hydroxyl groups excluding tert-OH is 2. The van der Waals surface area contributed by atoms with Crippen LogP contribution in [0.1, 0.15) is 27.8 Å². The molecule has 0 saturated carbocycles. The van der Waals surface area contributed by atoms with E-state index in [4.69, 9.17) is 5.11 Å². The van der Waals surface area contributed by atoms with Crippen LogP contribution in [0.25, 0.3) is 0 Å². The second-order valence-corrected chi connectivity index (χ2v) is 5.27. The first-order valence-corrected chi connectivity index (χ1v) is 6.40. The molecule has 1 aromatic rings. The predicted molar refractivity (Wildman–Crippen MR) is 74.8 cm³/mol. The number of aliphatic hydroxyl groups is 2. The topological polar surface area (TPSA) is 43.7 Å². The van der Waals surface area contributed by atoms with Crippen molar-refractivity contribution in [3.05, 3.63) is 33.9 Å². The van der Waals surface area contributed by atoms with Gasteiger partial charge in [0.05, 0.1) is 12.7 Å². The predicted octanol–water partition coefficient (Wildman–Crippen LogP) is 1.71. The summed E-state index contributed by atoms with van der Waals surface area (Å²) in [6.45, 7) is 9.66. The van der Waals surface area contributed by atoms with Crippen molar-refractivity contribution < 1.29 is 10.2 Å². The molecule has 1 unspecified atom stereocenters. The Bertz CT molecular complexity index is 389. The molecule has 0 aliphatic rings. The minimum absolute atomic E-state index is 0.185. The van der Waals surface area contributed by atoms with Crippen molar-refractivity contribution in [2.24, 2.45) is 0 Å². The fourth-order valence-corrected chi connectivity index (χ4v) is 2.29. The molecule has 1 rings (SSSR count). The van der Waals surface area contributed by atoms with Gasteiger partial charge in [-0.3, -0.25) is 4.90 Å². The van der Waals surface area contributed by atoms with Gasteiger partial charge < -0.3 is 10.2 Å². The molecule has 3 nitrogen and oxygen atoms in total. The first-order chi connectivity index (χ1) is 8.36. The van der Waals surface area contributed by atoms with Gasteiger partial charge in [0, 0.05) is 13.1 Å². The summed E-state index contributed by atoms with van der Waals surface area (Å²) in [7, 11) is 1.97. The molecule has 0 saturated heterocycles. The Labute approximate surface area is 110 Å². The minimum atomic E-state index is -0.665. The molecule has 1 atom stereocenters. The fraction of sp³-hybridized carbons (Fsp3) is 0.600. The van der Waals surface area contributed by atoms with Crippen LogP contribution in [0.5, 0.6) is 0 Å². The second-order valence-electron chi connectivity index (χ2n) is 5.27. The Morgan fingerprint density at radius 1 is 1.11 bits per heavy atom. The first-order valence-electron chi connectivity index (χ1n) is 6.40. The zero-order valence-corrected chi connectivity index (χ0v) is 12.1. The standard InChI is InChI=1S/C15H25NO2/c1-10-6-11(2)13(4)15(12(10)3)8-16(5)7-14(18)9-17/h6,14,17-18H,7-9H2,1-5H3. The normalized spacial score (nSPS) is 13.1. The van der Waals surface area contributed by atoms with E-state index < -0.39 is 6.10 Å². The van der Waals surface area contributed by atoms with E-state index in [1.165, 1.54) is 27.8 Å². The molecule has 1 aromatic carbocycles. The summed E-state index contributed by atoms with van der Waals surface area (Å²) in [4.78, 5) is 2.05. The molecule has 3 heteroatoms. The van der Waals surface area contributed by atoms with E-state index in [0.29, 0.717) is 6.54 Å². The van der Waals surface area contributed by atoms with Gasteiger partial charge in [0.15, 0.2) is 0 Å². The average Bonchev–Trinajstić information content (AvgIpc) is 2.32. The third-order valence-electron chi connectivity index (χ3n) is 3.68. The number of rotatable bonds is 5. The summed E-state index contributed by atoms with van der Waals surface area (Å²) >= 11 is 0. The number of hydrogen-bond acceptors (Lipinski definition) is 3. The van der Waals surface area contributed by atoms with Gasteiger partial charge in [0.2, 0.25) is 0 Å². The number of aryl methyl sites for hydroxylation is 2. The van der Waals surface area contributed by atoms with Crippen LogP contribution in [0, 0.1) is 27.7 Å². The molecule has 0 bridgehead atoms. The summed E-state index contributed by atoms with van der Waals surface area (Å²) in [5.41, 5.74) is 6.60. The van der Waals surface area contributed by atoms with Gasteiger partial charge in [-0.1, -0.05) is 6.07 Å². The lowest BCUT2D eigenvalue weighted by Gasteiger charge is -2.23. The zero-order chi connectivity index (χ0) is 13.9. The van der Waals surface area contributed by atoms with Gasteiger partial charge in [-0.2, -0.15) is 0 Å². The van der Waals surface area contributed by atoms with Crippen LogP contribution in [0.4, 0.5) is 0 Å². The van der Waals surface area contributed by atoms with Gasteiger partial charge in [-0.15, -0.1) is 0 Å². The van der Waals surface area contributed by atoms with Crippen molar-refractivity contribution >= 4 is 0 Å². The first kappa shape index (κ1) is 15.2. The Morgan fingerprint density at radius 3 is 2.06 bits per heavy atom. The maximum Gasteiger partial charge on any atom is 0.0897 e. The third kappa shape index (κ3) is 3.55. The van der Waals surface area contributed by atoms with Gasteiger partial charge in [-0.25, -0.2) is 0 Å². The minimum Gasteiger partial charge on any atom is -0.394 e. The van der Waals surface area contributed by atoms with Gasteiger partial charge >= 0.3 is 0 Å². The lowest BCUT2D eigenvalue weighted by Crippen LogP contribution is -2.31. The number of hydrogen-bond donors (Lipinski definition) is 2. The van der Waals surface area contributed by atoms with Crippen LogP contribution >= 0.6 is 0 Å². The van der Waals surface area contributed by atoms with Crippen molar-refractivity contribution in [2.45, 2.75) is 40.3 Å². The molecule has 0 amide bonds. The summed E-state index contributed by atoms with van der Waals surface area (Å²) < 4.78 is 0. The molecule has 0 spiro atoms. The van der Waals surface area contributed by atoms with Crippen LogP contribution < -0.4 is 0 Å². The summed E-state index contributed by atoms with van der Waals surface area (Å²) in [5, 5.41) is 18.3. The van der Waals surface area contributed by atoms with E-state index in [9.17, 15) is 5.11 Å². The van der Waals surface area contributed by atoms with E-state index in [1.807, 2.05) is 7.05 Å². The van der Waals surface area contributed by atoms with E-state index in [0.717, 1.165) is 6.54 Å². The molecular formula is C15H25NO2. The van der Waals surface area contributed by atoms with Crippen LogP contribution in [0.15, 0.2) is 6.07 Å². The van der Waals surface area contributed by atoms with Gasteiger partial charge in [-0.05, 0) is 62.6 Å². The molecule has 0 aliphatic heterocycles. The molecule has 0 aliphatic carbocycles. The van der Waals surface area contributed by atoms with Gasteiger partial charge in [0.1, 0.15) is 0 Å². The Hall–Kier alpha value is -0.900. The molecule has 0 aromatic heterocycles. The number of benzene rings is 1. The van der Waals surface area contributed by atoms with Crippen LogP contribution in [0.2, 0.25) is 0 Å². The Morgan fingerprint density at radius 2 is 1.61 bits per heavy atom. The van der Waals surface area contributed by atoms with Crippen LogP contribution in [-0.2, 0) is 6.54 Å². The number of nitrogens with zero attached hydrogens (tertiary/aromatic N) is 1. The van der Waals surface area contributed by atoms with E-state index >= 15 is 0 Å². The van der Waals surface area contributed by atoms with Gasteiger partial charge in [0.25, 0.3) is 0 Å². The highest BCUT2D eigenvalue weighted by Crippen LogP contribution is 2.22. The molecule has 102 valence electrons. The van der Waals surface area contributed by atoms with E-state index in [1.54, 1.807) is 0 Å². The quantitative estimate of drug-likeness (QED) is 0.837. The van der Waals surface area contributed by atoms with E-state index in [2.05, 4.69) is 38.7 Å². The summed E-state index contributed by atoms with van der Waals surface area (Å²) in [6, 6.07) is 2.22. The highest BCUT2D eigenvalue weighted by Gasteiger charge is 2.12. The Balaban J connectivity index is 2.90. The maximum atomic E-state index is 9.46. The highest BCUT2D eigenvalue weighted by molar-refractivity contribution is 5.43. The average molecular weight is 251 g/mol. The molecule has 18 heavy (non-hydrogen) atoms. The van der Waals surface area contributed by atoms with Crippen LogP contribution in [-0.4, -0.2) is 41.4 Å². The maximum absolute atomic E-state index is 9.46. The van der Waals surface area contributed by atoms with Crippen molar-refractivity contribution in [1.29, 1.82) is 0 Å². The monoisotopic (exact) mass is 251 g/mol. The van der Waals surface area contributed by atoms with Crippen molar-refractivity contribution in [1.82, 2.24) is 4.90 Å². The molecule has 0 fully saturated rings. The molecule has 2 N–H and O–H groups in total. The Kier molecular flexibility index (Phi) is 5.32. The highest BCUT2D eigenvalue weighted by atomic mass is 16.3. The molecular weight excluding hydrogens is 226 g/mol. The van der Waals surface area contributed by atoms with E-state index in [-0.39, 0.29) is 6.61 Å². The van der Waals surface area contributed by atoms with Crippen molar-refractivity contribution in [2.75, 3.05) is 20.2 Å². The fourth-order valence-electron chi connectivity index (χ4n) is 2.29. The largest absolute Gasteiger partial charge is 0.394 e. The smallest absolute Gasteiger partial charge is 0.0897 e. The summed E-state index contributed by atoms with van der Waals surface area (Å²) in [5.74, 6) is 0. The van der Waals surface area contributed by atoms with Crippen molar-refractivity contribution in [3.8, 4) is 0 Å².